The third kappa shape index (κ3) is 2.71. The summed E-state index contributed by atoms with van der Waals surface area (Å²) in [5, 5.41) is 17.8. The van der Waals surface area contributed by atoms with Crippen LogP contribution < -0.4 is 0 Å². The van der Waals surface area contributed by atoms with Gasteiger partial charge in [-0.25, -0.2) is 0 Å². The minimum absolute atomic E-state index is 0.264. The molecular weight excluding hydrogens is 200 g/mol. The fraction of sp³-hybridized carbons (Fsp3) is 0.600. The number of aliphatic carboxylic acids is 2. The van der Waals surface area contributed by atoms with E-state index < -0.39 is 23.8 Å². The van der Waals surface area contributed by atoms with Crippen molar-refractivity contribution < 1.29 is 24.5 Å². The standard InChI is InChI=1S/C10H14O5/c1-15-5-6-2-3-7(9(11)12)8(4-6)10(13)14/h5,7-8H,2-4H2,1H3,(H,11,12)(H,13,14)/t7-,8-/m0/s1. The van der Waals surface area contributed by atoms with Crippen molar-refractivity contribution in [3.8, 4) is 0 Å². The fourth-order valence-corrected chi connectivity index (χ4v) is 1.90. The zero-order valence-electron chi connectivity index (χ0n) is 8.47. The third-order valence-corrected chi connectivity index (χ3v) is 2.66. The van der Waals surface area contributed by atoms with Crippen molar-refractivity contribution in [3.63, 3.8) is 0 Å². The highest BCUT2D eigenvalue weighted by molar-refractivity contribution is 5.80. The molecule has 0 unspecified atom stereocenters. The molecule has 1 rings (SSSR count). The van der Waals surface area contributed by atoms with Gasteiger partial charge in [-0.2, -0.15) is 0 Å². The van der Waals surface area contributed by atoms with Crippen molar-refractivity contribution >= 4 is 11.9 Å². The van der Waals surface area contributed by atoms with Crippen LogP contribution in [-0.4, -0.2) is 29.3 Å². The SMILES string of the molecule is COC=C1CC[C@H](C(=O)O)[C@@H](C(=O)O)C1. The van der Waals surface area contributed by atoms with Gasteiger partial charge in [0, 0.05) is 0 Å². The van der Waals surface area contributed by atoms with E-state index in [2.05, 4.69) is 0 Å². The van der Waals surface area contributed by atoms with Crippen LogP contribution >= 0.6 is 0 Å². The zero-order chi connectivity index (χ0) is 11.4. The van der Waals surface area contributed by atoms with Gasteiger partial charge in [-0.3, -0.25) is 9.59 Å². The molecule has 2 atom stereocenters. The van der Waals surface area contributed by atoms with E-state index in [9.17, 15) is 9.59 Å². The lowest BCUT2D eigenvalue weighted by Gasteiger charge is -2.26. The van der Waals surface area contributed by atoms with E-state index in [0.717, 1.165) is 5.57 Å². The van der Waals surface area contributed by atoms with E-state index in [1.54, 1.807) is 0 Å². The average Bonchev–Trinajstić information content (AvgIpc) is 2.17. The van der Waals surface area contributed by atoms with Gasteiger partial charge in [-0.1, -0.05) is 0 Å². The van der Waals surface area contributed by atoms with Crippen LogP contribution in [0, 0.1) is 11.8 Å². The number of hydrogen-bond acceptors (Lipinski definition) is 3. The minimum atomic E-state index is -1.05. The Bertz CT molecular complexity index is 294. The summed E-state index contributed by atoms with van der Waals surface area (Å²) in [5.41, 5.74) is 0.863. The largest absolute Gasteiger partial charge is 0.504 e. The first kappa shape index (κ1) is 11.6. The number of carbonyl (C=O) groups is 2. The van der Waals surface area contributed by atoms with Crippen molar-refractivity contribution in [1.82, 2.24) is 0 Å². The van der Waals surface area contributed by atoms with E-state index in [-0.39, 0.29) is 6.42 Å². The Morgan fingerprint density at radius 2 is 1.93 bits per heavy atom. The Morgan fingerprint density at radius 1 is 1.33 bits per heavy atom. The molecule has 0 aliphatic heterocycles. The Balaban J connectivity index is 2.78. The van der Waals surface area contributed by atoms with Crippen LogP contribution in [-0.2, 0) is 14.3 Å². The molecule has 1 aliphatic carbocycles. The average molecular weight is 214 g/mol. The molecule has 1 aliphatic rings. The highest BCUT2D eigenvalue weighted by Gasteiger charge is 2.37. The lowest BCUT2D eigenvalue weighted by molar-refractivity contribution is -0.154. The summed E-state index contributed by atoms with van der Waals surface area (Å²) in [7, 11) is 1.49. The smallest absolute Gasteiger partial charge is 0.307 e. The van der Waals surface area contributed by atoms with Gasteiger partial charge in [0.2, 0.25) is 0 Å². The molecule has 0 amide bonds. The summed E-state index contributed by atoms with van der Waals surface area (Å²) < 4.78 is 4.80. The van der Waals surface area contributed by atoms with Gasteiger partial charge in [0.15, 0.2) is 0 Å². The molecule has 2 N–H and O–H groups in total. The quantitative estimate of drug-likeness (QED) is 0.687. The molecule has 5 heteroatoms. The summed E-state index contributed by atoms with van der Waals surface area (Å²) in [5.74, 6) is -3.70. The highest BCUT2D eigenvalue weighted by atomic mass is 16.5. The van der Waals surface area contributed by atoms with Crippen molar-refractivity contribution in [2.75, 3.05) is 7.11 Å². The first-order chi connectivity index (χ1) is 7.06. The van der Waals surface area contributed by atoms with Crippen molar-refractivity contribution in [3.05, 3.63) is 11.8 Å². The Kier molecular flexibility index (Phi) is 3.71. The molecule has 1 saturated carbocycles. The summed E-state index contributed by atoms with van der Waals surface area (Å²) in [6.45, 7) is 0. The lowest BCUT2D eigenvalue weighted by atomic mass is 9.77. The predicted molar refractivity (Wildman–Crippen MR) is 51.2 cm³/mol. The number of allylic oxidation sites excluding steroid dienone is 1. The minimum Gasteiger partial charge on any atom is -0.504 e. The van der Waals surface area contributed by atoms with E-state index in [4.69, 9.17) is 14.9 Å². The zero-order valence-corrected chi connectivity index (χ0v) is 8.47. The summed E-state index contributed by atoms with van der Waals surface area (Å²) in [4.78, 5) is 21.7. The third-order valence-electron chi connectivity index (χ3n) is 2.66. The van der Waals surface area contributed by atoms with Gasteiger partial charge >= 0.3 is 11.9 Å². The lowest BCUT2D eigenvalue weighted by Crippen LogP contribution is -2.33. The molecule has 84 valence electrons. The summed E-state index contributed by atoms with van der Waals surface area (Å²) >= 11 is 0. The summed E-state index contributed by atoms with van der Waals surface area (Å²) in [6.07, 6.45) is 2.73. The molecule has 0 radical (unpaired) electrons. The maximum absolute atomic E-state index is 10.9. The second-order valence-corrected chi connectivity index (χ2v) is 3.64. The summed E-state index contributed by atoms with van der Waals surface area (Å²) in [6, 6.07) is 0. The van der Waals surface area contributed by atoms with Gasteiger partial charge < -0.3 is 14.9 Å². The van der Waals surface area contributed by atoms with E-state index in [0.29, 0.717) is 12.8 Å². The van der Waals surface area contributed by atoms with Gasteiger partial charge in [0.05, 0.1) is 25.2 Å². The predicted octanol–water partition coefficient (Wildman–Crippen LogP) is 1.10. The number of hydrogen-bond donors (Lipinski definition) is 2. The van der Waals surface area contributed by atoms with Crippen LogP contribution in [0.15, 0.2) is 11.8 Å². The molecule has 0 aromatic carbocycles. The van der Waals surface area contributed by atoms with Crippen LogP contribution in [0.3, 0.4) is 0 Å². The van der Waals surface area contributed by atoms with Crippen LogP contribution in [0.5, 0.6) is 0 Å². The second-order valence-electron chi connectivity index (χ2n) is 3.64. The molecule has 0 spiro atoms. The number of carboxylic acids is 2. The Morgan fingerprint density at radius 3 is 2.40 bits per heavy atom. The molecule has 15 heavy (non-hydrogen) atoms. The first-order valence-corrected chi connectivity index (χ1v) is 4.72. The van der Waals surface area contributed by atoms with Crippen molar-refractivity contribution in [2.45, 2.75) is 19.3 Å². The van der Waals surface area contributed by atoms with Crippen LogP contribution in [0.25, 0.3) is 0 Å². The molecule has 0 aromatic heterocycles. The Labute approximate surface area is 87.4 Å². The number of rotatable bonds is 3. The molecule has 0 aromatic rings. The van der Waals surface area contributed by atoms with Gasteiger partial charge in [-0.15, -0.1) is 0 Å². The van der Waals surface area contributed by atoms with E-state index >= 15 is 0 Å². The van der Waals surface area contributed by atoms with Gasteiger partial charge in [-0.05, 0) is 24.8 Å². The van der Waals surface area contributed by atoms with Crippen LogP contribution in [0.1, 0.15) is 19.3 Å². The van der Waals surface area contributed by atoms with Gasteiger partial charge in [0.25, 0.3) is 0 Å². The van der Waals surface area contributed by atoms with E-state index in [1.165, 1.54) is 13.4 Å². The molecule has 5 nitrogen and oxygen atoms in total. The molecule has 0 bridgehead atoms. The second kappa shape index (κ2) is 4.82. The van der Waals surface area contributed by atoms with Gasteiger partial charge in [0.1, 0.15) is 0 Å². The first-order valence-electron chi connectivity index (χ1n) is 4.72. The topological polar surface area (TPSA) is 83.8 Å². The normalized spacial score (nSPS) is 28.7. The Hall–Kier alpha value is -1.52. The molecule has 0 heterocycles. The number of ether oxygens (including phenoxy) is 1. The monoisotopic (exact) mass is 214 g/mol. The number of methoxy groups -OCH3 is 1. The maximum Gasteiger partial charge on any atom is 0.307 e. The van der Waals surface area contributed by atoms with Crippen molar-refractivity contribution in [2.24, 2.45) is 11.8 Å². The van der Waals surface area contributed by atoms with Crippen LogP contribution in [0.4, 0.5) is 0 Å². The highest BCUT2D eigenvalue weighted by Crippen LogP contribution is 2.33. The maximum atomic E-state index is 10.9. The molecule has 0 saturated heterocycles. The van der Waals surface area contributed by atoms with Crippen molar-refractivity contribution in [1.29, 1.82) is 0 Å². The fourth-order valence-electron chi connectivity index (χ4n) is 1.90. The van der Waals surface area contributed by atoms with E-state index in [1.807, 2.05) is 0 Å². The van der Waals surface area contributed by atoms with Crippen LogP contribution in [0.2, 0.25) is 0 Å². The number of carboxylic acid groups (broad SMARTS) is 2. The molecular formula is C10H14O5. The molecule has 1 fully saturated rings.